The Morgan fingerprint density at radius 1 is 1.24 bits per heavy atom. The molecule has 4 rings (SSSR count). The van der Waals surface area contributed by atoms with Gasteiger partial charge in [-0.2, -0.15) is 0 Å². The number of aliphatic imine (C=N–C) groups is 1. The maximum Gasteiger partial charge on any atom is 0.293 e. The first-order chi connectivity index (χ1) is 16.3. The molecule has 3 heterocycles. The first-order valence-electron chi connectivity index (χ1n) is 10.7. The number of nitrogens with two attached hydrogens (primary N) is 1. The highest BCUT2D eigenvalue weighted by atomic mass is 35.5. The molecule has 1 aliphatic rings. The van der Waals surface area contributed by atoms with E-state index in [-0.39, 0.29) is 27.4 Å². The van der Waals surface area contributed by atoms with Crippen LogP contribution in [0.2, 0.25) is 5.15 Å². The van der Waals surface area contributed by atoms with Crippen molar-refractivity contribution in [2.24, 2.45) is 10.7 Å². The first-order valence-corrected chi connectivity index (χ1v) is 12.5. The van der Waals surface area contributed by atoms with Crippen molar-refractivity contribution in [3.63, 3.8) is 0 Å². The summed E-state index contributed by atoms with van der Waals surface area (Å²) in [6, 6.07) is 8.20. The third-order valence-electron chi connectivity index (χ3n) is 5.74. The molecule has 34 heavy (non-hydrogen) atoms. The fourth-order valence-electron chi connectivity index (χ4n) is 3.87. The third-order valence-corrected chi connectivity index (χ3v) is 7.76. The number of hydrogen-bond acceptors (Lipinski definition) is 8. The van der Waals surface area contributed by atoms with Gasteiger partial charge < -0.3 is 15.3 Å². The van der Waals surface area contributed by atoms with E-state index in [1.165, 1.54) is 19.9 Å². The molecule has 0 saturated carbocycles. The Hall–Kier alpha value is -3.02. The molecule has 0 unspecified atom stereocenters. The molecule has 0 atom stereocenters. The Labute approximate surface area is 203 Å². The number of rotatable bonds is 7. The lowest BCUT2D eigenvalue weighted by Crippen LogP contribution is -2.38. The van der Waals surface area contributed by atoms with E-state index in [2.05, 4.69) is 15.0 Å². The number of allylic oxidation sites excluding steroid dienone is 1. The molecule has 9 nitrogen and oxygen atoms in total. The van der Waals surface area contributed by atoms with Crippen LogP contribution in [0.5, 0.6) is 0 Å². The van der Waals surface area contributed by atoms with Crippen LogP contribution in [0.1, 0.15) is 24.1 Å². The third kappa shape index (κ3) is 4.77. The van der Waals surface area contributed by atoms with Crippen LogP contribution in [0.25, 0.3) is 16.6 Å². The fourth-order valence-corrected chi connectivity index (χ4v) is 5.53. The molecule has 0 bridgehead atoms. The molecule has 3 aromatic rings. The van der Waals surface area contributed by atoms with Gasteiger partial charge in [-0.05, 0) is 51.1 Å². The number of aryl methyl sites for hydroxylation is 1. The van der Waals surface area contributed by atoms with E-state index < -0.39 is 10.0 Å². The monoisotopic (exact) mass is 497 g/mol. The molecule has 175 valence electrons. The van der Waals surface area contributed by atoms with Crippen molar-refractivity contribution < 1.29 is 13.2 Å². The second-order valence-corrected chi connectivity index (χ2v) is 10.1. The van der Waals surface area contributed by atoms with Crippen LogP contribution >= 0.6 is 11.6 Å². The van der Waals surface area contributed by atoms with Gasteiger partial charge in [-0.3, -0.25) is 4.99 Å². The fraction of sp³-hybridized carbons (Fsp3) is 0.273. The van der Waals surface area contributed by atoms with E-state index in [0.29, 0.717) is 11.0 Å². The van der Waals surface area contributed by atoms with Gasteiger partial charge in [0.2, 0.25) is 0 Å². The highest BCUT2D eigenvalue weighted by molar-refractivity contribution is 7.90. The second kappa shape index (κ2) is 10.1. The number of nitrogens with zero attached hydrogens (tertiary/aromatic N) is 5. The van der Waals surface area contributed by atoms with Gasteiger partial charge in [0, 0.05) is 18.0 Å². The minimum atomic E-state index is -4.03. The van der Waals surface area contributed by atoms with Gasteiger partial charge in [0.1, 0.15) is 11.5 Å². The molecule has 12 heteroatoms. The van der Waals surface area contributed by atoms with Crippen molar-refractivity contribution in [3.8, 4) is 0 Å². The molecule has 0 amide bonds. The quantitative estimate of drug-likeness (QED) is 0.230. The van der Waals surface area contributed by atoms with Gasteiger partial charge in [-0.25, -0.2) is 22.4 Å². The molecule has 1 radical (unpaired) electrons. The molecule has 1 aliphatic heterocycles. The normalized spacial score (nSPS) is 16.4. The summed E-state index contributed by atoms with van der Waals surface area (Å²) in [4.78, 5) is 25.6. The van der Waals surface area contributed by atoms with Crippen LogP contribution in [-0.4, -0.2) is 66.1 Å². The van der Waals surface area contributed by atoms with E-state index in [4.69, 9.17) is 17.3 Å². The maximum atomic E-state index is 13.7. The Balaban J connectivity index is 1.75. The van der Waals surface area contributed by atoms with Crippen LogP contribution in [0.4, 0.5) is 0 Å². The molecular formula is C22H23BClN6O3S. The topological polar surface area (TPSA) is 124 Å². The molecule has 2 aromatic heterocycles. The number of halogens is 1. The van der Waals surface area contributed by atoms with Crippen molar-refractivity contribution in [1.82, 2.24) is 18.8 Å². The van der Waals surface area contributed by atoms with Crippen LogP contribution in [0.3, 0.4) is 0 Å². The summed E-state index contributed by atoms with van der Waals surface area (Å²) < 4.78 is 28.5. The Kier molecular flexibility index (Phi) is 7.15. The van der Waals surface area contributed by atoms with Crippen LogP contribution in [0.15, 0.2) is 52.7 Å². The molecule has 1 aromatic carbocycles. The summed E-state index contributed by atoms with van der Waals surface area (Å²) >= 11 is 6.27. The molecule has 1 saturated heterocycles. The van der Waals surface area contributed by atoms with Crippen molar-refractivity contribution in [2.45, 2.75) is 30.7 Å². The van der Waals surface area contributed by atoms with Gasteiger partial charge in [-0.15, -0.1) is 0 Å². The van der Waals surface area contributed by atoms with Crippen molar-refractivity contribution in [1.29, 1.82) is 0 Å². The number of hydrogen-bond donors (Lipinski definition) is 1. The zero-order valence-electron chi connectivity index (χ0n) is 18.5. The van der Waals surface area contributed by atoms with E-state index in [9.17, 15) is 13.2 Å². The van der Waals surface area contributed by atoms with Gasteiger partial charge in [-0.1, -0.05) is 29.3 Å². The molecule has 0 aliphatic carbocycles. The van der Waals surface area contributed by atoms with Crippen molar-refractivity contribution >= 4 is 58.0 Å². The van der Waals surface area contributed by atoms with Crippen molar-refractivity contribution in [2.75, 3.05) is 13.1 Å². The zero-order valence-corrected chi connectivity index (χ0v) is 20.1. The first kappa shape index (κ1) is 24.1. The lowest BCUT2D eigenvalue weighted by atomic mass is 9.90. The Morgan fingerprint density at radius 3 is 2.59 bits per heavy atom. The summed E-state index contributed by atoms with van der Waals surface area (Å²) in [5.41, 5.74) is 7.72. The van der Waals surface area contributed by atoms with E-state index >= 15 is 0 Å². The minimum absolute atomic E-state index is 0.0289. The molecular weight excluding hydrogens is 475 g/mol. The summed E-state index contributed by atoms with van der Waals surface area (Å²) in [7, 11) is -2.50. The standard InChI is InChI=1S/C22H23BClN6O3S/c1-15-2-4-18(5-3-15)34(32,33)30-20(10-19-21(24)27-14-28-22(19)30)16(11-25)12-26-17-6-8-29(9-7-17)23-13-31/h2-5,10-14,17H,6-9,25H2,1H3. The molecule has 2 N–H and O–H groups in total. The van der Waals surface area contributed by atoms with Crippen LogP contribution in [-0.2, 0) is 14.8 Å². The van der Waals surface area contributed by atoms with E-state index in [0.717, 1.165) is 41.7 Å². The van der Waals surface area contributed by atoms with Gasteiger partial charge in [0.15, 0.2) is 5.65 Å². The average Bonchev–Trinajstić information content (AvgIpc) is 3.23. The number of benzene rings is 1. The molecule has 0 spiro atoms. The van der Waals surface area contributed by atoms with E-state index in [1.807, 2.05) is 11.7 Å². The summed E-state index contributed by atoms with van der Waals surface area (Å²) in [5, 5.41) is 0.525. The number of aromatic nitrogens is 3. The number of carbonyl (C=O) groups is 1. The summed E-state index contributed by atoms with van der Waals surface area (Å²) in [6.07, 6.45) is 6.43. The highest BCUT2D eigenvalue weighted by Gasteiger charge is 2.27. The van der Waals surface area contributed by atoms with E-state index in [1.54, 1.807) is 36.5 Å². The summed E-state index contributed by atoms with van der Waals surface area (Å²) in [6.45, 7) is 3.32. The number of carbonyl (C=O) groups excluding carboxylic acids is 1. The predicted octanol–water partition coefficient (Wildman–Crippen LogP) is 2.27. The Bertz CT molecular complexity index is 1360. The highest BCUT2D eigenvalue weighted by Crippen LogP contribution is 2.31. The second-order valence-electron chi connectivity index (χ2n) is 7.97. The van der Waals surface area contributed by atoms with Gasteiger partial charge >= 0.3 is 0 Å². The SMILES string of the molecule is Cc1ccc(S(=O)(=O)n2c(C(C=NC3CCN([B]C=O)CC3)=CN)cc3c(Cl)ncnc32)cc1. The minimum Gasteiger partial charge on any atom is -0.404 e. The average molecular weight is 498 g/mol. The van der Waals surface area contributed by atoms with Gasteiger partial charge in [0.25, 0.3) is 17.4 Å². The lowest BCUT2D eigenvalue weighted by Gasteiger charge is -2.28. The smallest absolute Gasteiger partial charge is 0.293 e. The van der Waals surface area contributed by atoms with Crippen molar-refractivity contribution in [3.05, 3.63) is 59.3 Å². The van der Waals surface area contributed by atoms with Gasteiger partial charge in [0.05, 0.1) is 28.2 Å². The van der Waals surface area contributed by atoms with Crippen LogP contribution in [0, 0.1) is 6.92 Å². The van der Waals surface area contributed by atoms with Crippen LogP contribution < -0.4 is 5.73 Å². The molecule has 1 fully saturated rings. The zero-order chi connectivity index (χ0) is 24.3. The maximum absolute atomic E-state index is 13.7. The predicted molar refractivity (Wildman–Crippen MR) is 134 cm³/mol. The number of piperidine rings is 1. The largest absolute Gasteiger partial charge is 0.404 e. The number of fused-ring (bicyclic) bond motifs is 1. The Morgan fingerprint density at radius 2 is 1.94 bits per heavy atom. The summed E-state index contributed by atoms with van der Waals surface area (Å²) in [5.74, 6) is 0. The lowest BCUT2D eigenvalue weighted by molar-refractivity contribution is 0.333.